The Kier molecular flexibility index (Phi) is 4.39. The number of rotatable bonds is 6. The summed E-state index contributed by atoms with van der Waals surface area (Å²) in [6, 6.07) is 3.11. The van der Waals surface area contributed by atoms with Crippen molar-refractivity contribution < 1.29 is 0 Å². The van der Waals surface area contributed by atoms with Crippen LogP contribution in [0.1, 0.15) is 62.9 Å². The first-order chi connectivity index (χ1) is 10.2. The van der Waals surface area contributed by atoms with E-state index >= 15 is 0 Å². The second-order valence-corrected chi connectivity index (χ2v) is 6.23. The van der Waals surface area contributed by atoms with Gasteiger partial charge in [-0.2, -0.15) is 10.2 Å². The molecule has 0 spiro atoms. The van der Waals surface area contributed by atoms with Crippen LogP contribution >= 0.6 is 0 Å². The zero-order valence-corrected chi connectivity index (χ0v) is 13.0. The first-order valence-corrected chi connectivity index (χ1v) is 8.00. The molecule has 0 saturated heterocycles. The van der Waals surface area contributed by atoms with Crippen molar-refractivity contribution in [2.45, 2.75) is 64.7 Å². The lowest BCUT2D eigenvalue weighted by molar-refractivity contribution is 0.466. The molecule has 0 aromatic carbocycles. The highest BCUT2D eigenvalue weighted by atomic mass is 15.3. The molecule has 2 heterocycles. The summed E-state index contributed by atoms with van der Waals surface area (Å²) in [7, 11) is 0. The third-order valence-corrected chi connectivity index (χ3v) is 4.23. The maximum Gasteiger partial charge on any atom is 0.0534 e. The first-order valence-electron chi connectivity index (χ1n) is 8.00. The van der Waals surface area contributed by atoms with Gasteiger partial charge in [-0.15, -0.1) is 0 Å². The lowest BCUT2D eigenvalue weighted by atomic mass is 10.2. The molecule has 0 radical (unpaired) electrons. The number of nitrogens with one attached hydrogen (secondary N) is 1. The van der Waals surface area contributed by atoms with Gasteiger partial charge in [0, 0.05) is 37.1 Å². The largest absolute Gasteiger partial charge is 0.307 e. The van der Waals surface area contributed by atoms with Crippen molar-refractivity contribution in [3.05, 3.63) is 35.9 Å². The van der Waals surface area contributed by atoms with Crippen LogP contribution in [0.3, 0.4) is 0 Å². The van der Waals surface area contributed by atoms with E-state index in [1.54, 1.807) is 0 Å². The molecule has 0 bridgehead atoms. The Morgan fingerprint density at radius 2 is 2.05 bits per heavy atom. The molecule has 2 aromatic rings. The summed E-state index contributed by atoms with van der Waals surface area (Å²) in [5.74, 6) is 0. The van der Waals surface area contributed by atoms with E-state index in [0.29, 0.717) is 12.1 Å². The summed E-state index contributed by atoms with van der Waals surface area (Å²) >= 11 is 0. The van der Waals surface area contributed by atoms with E-state index < -0.39 is 0 Å². The molecule has 1 N–H and O–H groups in total. The van der Waals surface area contributed by atoms with E-state index in [-0.39, 0.29) is 0 Å². The van der Waals surface area contributed by atoms with Crippen molar-refractivity contribution in [2.24, 2.45) is 0 Å². The van der Waals surface area contributed by atoms with Gasteiger partial charge in [0.05, 0.1) is 17.9 Å². The van der Waals surface area contributed by atoms with Crippen LogP contribution < -0.4 is 5.32 Å². The standard InChI is InChI=1S/C16H25N5/c1-13(2)21-16(7-8-18-21)11-17-9-14-10-19-20(12-14)15-5-3-4-6-15/h7-8,10,12-13,15,17H,3-6,9,11H2,1-2H3. The number of hydrogen-bond acceptors (Lipinski definition) is 3. The smallest absolute Gasteiger partial charge is 0.0534 e. The van der Waals surface area contributed by atoms with E-state index in [1.165, 1.54) is 36.9 Å². The van der Waals surface area contributed by atoms with Gasteiger partial charge in [-0.3, -0.25) is 9.36 Å². The minimum absolute atomic E-state index is 0.405. The van der Waals surface area contributed by atoms with Gasteiger partial charge in [0.1, 0.15) is 0 Å². The fraction of sp³-hybridized carbons (Fsp3) is 0.625. The number of aromatic nitrogens is 4. The average molecular weight is 287 g/mol. The van der Waals surface area contributed by atoms with E-state index in [4.69, 9.17) is 0 Å². The SMILES string of the molecule is CC(C)n1nccc1CNCc1cnn(C2CCCC2)c1. The Labute approximate surface area is 126 Å². The summed E-state index contributed by atoms with van der Waals surface area (Å²) in [4.78, 5) is 0. The van der Waals surface area contributed by atoms with Crippen LogP contribution in [0.2, 0.25) is 0 Å². The van der Waals surface area contributed by atoms with Crippen LogP contribution in [0.25, 0.3) is 0 Å². The quantitative estimate of drug-likeness (QED) is 0.888. The molecule has 1 aliphatic carbocycles. The van der Waals surface area contributed by atoms with Gasteiger partial charge in [-0.25, -0.2) is 0 Å². The van der Waals surface area contributed by atoms with Crippen molar-refractivity contribution >= 4 is 0 Å². The van der Waals surface area contributed by atoms with E-state index in [0.717, 1.165) is 13.1 Å². The highest BCUT2D eigenvalue weighted by molar-refractivity contribution is 5.06. The maximum atomic E-state index is 4.52. The molecule has 5 heteroatoms. The molecular formula is C16H25N5. The van der Waals surface area contributed by atoms with Gasteiger partial charge >= 0.3 is 0 Å². The highest BCUT2D eigenvalue weighted by Gasteiger charge is 2.17. The Morgan fingerprint density at radius 1 is 1.24 bits per heavy atom. The molecule has 1 aliphatic rings. The van der Waals surface area contributed by atoms with Gasteiger partial charge in [0.25, 0.3) is 0 Å². The van der Waals surface area contributed by atoms with Crippen LogP contribution in [0, 0.1) is 0 Å². The topological polar surface area (TPSA) is 47.7 Å². The zero-order chi connectivity index (χ0) is 14.7. The molecule has 3 rings (SSSR count). The van der Waals surface area contributed by atoms with Gasteiger partial charge in [0.15, 0.2) is 0 Å². The summed E-state index contributed by atoms with van der Waals surface area (Å²) in [6.45, 7) is 6.01. The normalized spacial score (nSPS) is 16.1. The predicted molar refractivity (Wildman–Crippen MR) is 82.9 cm³/mol. The van der Waals surface area contributed by atoms with Gasteiger partial charge in [0.2, 0.25) is 0 Å². The molecule has 5 nitrogen and oxygen atoms in total. The van der Waals surface area contributed by atoms with Crippen molar-refractivity contribution in [1.82, 2.24) is 24.9 Å². The van der Waals surface area contributed by atoms with Crippen LogP contribution in [0.4, 0.5) is 0 Å². The molecule has 0 atom stereocenters. The van der Waals surface area contributed by atoms with Gasteiger partial charge in [-0.1, -0.05) is 12.8 Å². The summed E-state index contributed by atoms with van der Waals surface area (Å²) in [5.41, 5.74) is 2.49. The Balaban J connectivity index is 1.52. The molecular weight excluding hydrogens is 262 g/mol. The van der Waals surface area contributed by atoms with Crippen LogP contribution in [0.15, 0.2) is 24.7 Å². The lowest BCUT2D eigenvalue weighted by Gasteiger charge is -2.11. The Hall–Kier alpha value is -1.62. The Morgan fingerprint density at radius 3 is 2.81 bits per heavy atom. The molecule has 0 unspecified atom stereocenters. The molecule has 21 heavy (non-hydrogen) atoms. The second-order valence-electron chi connectivity index (χ2n) is 6.23. The monoisotopic (exact) mass is 287 g/mol. The Bertz CT molecular complexity index is 563. The number of nitrogens with zero attached hydrogens (tertiary/aromatic N) is 4. The summed E-state index contributed by atoms with van der Waals surface area (Å²) in [5, 5.41) is 12.4. The third kappa shape index (κ3) is 3.35. The fourth-order valence-electron chi connectivity index (χ4n) is 3.12. The fourth-order valence-corrected chi connectivity index (χ4v) is 3.12. The average Bonchev–Trinajstić information content (AvgIpc) is 3.20. The lowest BCUT2D eigenvalue weighted by Crippen LogP contribution is -2.17. The van der Waals surface area contributed by atoms with Crippen molar-refractivity contribution in [1.29, 1.82) is 0 Å². The third-order valence-electron chi connectivity index (χ3n) is 4.23. The van der Waals surface area contributed by atoms with E-state index in [1.807, 2.05) is 12.4 Å². The molecule has 114 valence electrons. The van der Waals surface area contributed by atoms with Crippen LogP contribution in [-0.2, 0) is 13.1 Å². The highest BCUT2D eigenvalue weighted by Crippen LogP contribution is 2.28. The second kappa shape index (κ2) is 6.43. The van der Waals surface area contributed by atoms with Crippen LogP contribution in [-0.4, -0.2) is 19.6 Å². The summed E-state index contributed by atoms with van der Waals surface area (Å²) in [6.07, 6.45) is 11.3. The molecule has 0 amide bonds. The number of hydrogen-bond donors (Lipinski definition) is 1. The molecule has 0 aliphatic heterocycles. The van der Waals surface area contributed by atoms with E-state index in [2.05, 4.69) is 51.0 Å². The maximum absolute atomic E-state index is 4.52. The van der Waals surface area contributed by atoms with Gasteiger partial charge < -0.3 is 5.32 Å². The van der Waals surface area contributed by atoms with Crippen LogP contribution in [0.5, 0.6) is 0 Å². The molecule has 2 aromatic heterocycles. The van der Waals surface area contributed by atoms with Crippen molar-refractivity contribution in [2.75, 3.05) is 0 Å². The minimum atomic E-state index is 0.405. The summed E-state index contributed by atoms with van der Waals surface area (Å²) < 4.78 is 4.22. The zero-order valence-electron chi connectivity index (χ0n) is 13.0. The van der Waals surface area contributed by atoms with Crippen molar-refractivity contribution in [3.8, 4) is 0 Å². The minimum Gasteiger partial charge on any atom is -0.307 e. The van der Waals surface area contributed by atoms with Gasteiger partial charge in [-0.05, 0) is 32.8 Å². The predicted octanol–water partition coefficient (Wildman–Crippen LogP) is 3.07. The van der Waals surface area contributed by atoms with E-state index in [9.17, 15) is 0 Å². The molecule has 1 fully saturated rings. The molecule has 1 saturated carbocycles. The first kappa shape index (κ1) is 14.3. The van der Waals surface area contributed by atoms with Crippen molar-refractivity contribution in [3.63, 3.8) is 0 Å².